The fourth-order valence-corrected chi connectivity index (χ4v) is 1.82. The highest BCUT2D eigenvalue weighted by molar-refractivity contribution is 6.02. The number of amides is 1. The normalized spacial score (nSPS) is 10.6. The summed E-state index contributed by atoms with van der Waals surface area (Å²) in [5.41, 5.74) is 0.448. The first-order chi connectivity index (χ1) is 11.0. The number of carbonyl (C=O) groups is 2. The molecule has 0 aliphatic heterocycles. The lowest BCUT2D eigenvalue weighted by Gasteiger charge is -2.06. The van der Waals surface area contributed by atoms with Gasteiger partial charge in [-0.2, -0.15) is 0 Å². The second kappa shape index (κ2) is 7.31. The molecule has 0 saturated carbocycles. The molecular formula is C17H13F2NO3. The van der Waals surface area contributed by atoms with Crippen LogP contribution in [0.15, 0.2) is 48.5 Å². The van der Waals surface area contributed by atoms with E-state index in [9.17, 15) is 18.4 Å². The molecule has 0 bridgehead atoms. The Balaban J connectivity index is 2.12. The lowest BCUT2D eigenvalue weighted by Crippen LogP contribution is -2.11. The van der Waals surface area contributed by atoms with Crippen LogP contribution in [0, 0.1) is 11.6 Å². The Bertz CT molecular complexity index is 772. The summed E-state index contributed by atoms with van der Waals surface area (Å²) in [5.74, 6) is -2.37. The molecule has 1 amide bonds. The molecule has 1 N–H and O–H groups in total. The number of anilines is 1. The number of rotatable bonds is 4. The number of carbonyl (C=O) groups excluding carboxylic acids is 2. The third-order valence-corrected chi connectivity index (χ3v) is 2.92. The maximum absolute atomic E-state index is 13.7. The molecule has 23 heavy (non-hydrogen) atoms. The molecule has 2 rings (SSSR count). The molecule has 118 valence electrons. The van der Waals surface area contributed by atoms with E-state index in [2.05, 4.69) is 10.1 Å². The Morgan fingerprint density at radius 3 is 2.61 bits per heavy atom. The number of benzene rings is 2. The molecule has 0 aromatic heterocycles. The van der Waals surface area contributed by atoms with Gasteiger partial charge in [0, 0.05) is 6.08 Å². The van der Waals surface area contributed by atoms with Crippen molar-refractivity contribution in [3.05, 3.63) is 71.3 Å². The van der Waals surface area contributed by atoms with Crippen molar-refractivity contribution in [3.8, 4) is 0 Å². The number of esters is 1. The molecule has 2 aromatic carbocycles. The summed E-state index contributed by atoms with van der Waals surface area (Å²) in [4.78, 5) is 23.2. The van der Waals surface area contributed by atoms with Crippen LogP contribution in [0.1, 0.15) is 15.9 Å². The molecule has 6 heteroatoms. The first kappa shape index (κ1) is 16.4. The quantitative estimate of drug-likeness (QED) is 0.694. The summed E-state index contributed by atoms with van der Waals surface area (Å²) >= 11 is 0. The highest BCUT2D eigenvalue weighted by Crippen LogP contribution is 2.17. The van der Waals surface area contributed by atoms with E-state index in [0.717, 1.165) is 12.1 Å². The third-order valence-electron chi connectivity index (χ3n) is 2.92. The van der Waals surface area contributed by atoms with Crippen molar-refractivity contribution in [1.29, 1.82) is 0 Å². The Hall–Kier alpha value is -3.02. The first-order valence-corrected chi connectivity index (χ1v) is 6.62. The van der Waals surface area contributed by atoms with Gasteiger partial charge in [0.2, 0.25) is 5.91 Å². The number of halogens is 2. The minimum absolute atomic E-state index is 0.110. The van der Waals surface area contributed by atoms with Crippen molar-refractivity contribution in [2.45, 2.75) is 0 Å². The van der Waals surface area contributed by atoms with Gasteiger partial charge in [0.1, 0.15) is 11.6 Å². The fourth-order valence-electron chi connectivity index (χ4n) is 1.82. The Morgan fingerprint density at radius 1 is 1.13 bits per heavy atom. The van der Waals surface area contributed by atoms with Crippen LogP contribution in [0.3, 0.4) is 0 Å². The SMILES string of the molecule is COC(=O)c1ccc(F)c(NC(=O)/C=C/c2cccc(F)c2)c1. The summed E-state index contributed by atoms with van der Waals surface area (Å²) < 4.78 is 31.2. The molecule has 0 atom stereocenters. The number of nitrogens with one attached hydrogen (secondary N) is 1. The second-order valence-corrected chi connectivity index (χ2v) is 4.56. The molecule has 0 heterocycles. The predicted octanol–water partition coefficient (Wildman–Crippen LogP) is 3.40. The van der Waals surface area contributed by atoms with E-state index < -0.39 is 23.5 Å². The number of hydrogen-bond acceptors (Lipinski definition) is 3. The van der Waals surface area contributed by atoms with E-state index in [1.807, 2.05) is 0 Å². The van der Waals surface area contributed by atoms with Crippen molar-refractivity contribution in [2.75, 3.05) is 12.4 Å². The molecule has 0 spiro atoms. The van der Waals surface area contributed by atoms with Gasteiger partial charge in [-0.3, -0.25) is 4.79 Å². The van der Waals surface area contributed by atoms with Crippen LogP contribution >= 0.6 is 0 Å². The summed E-state index contributed by atoms with van der Waals surface area (Å²) in [7, 11) is 1.20. The lowest BCUT2D eigenvalue weighted by molar-refractivity contribution is -0.111. The highest BCUT2D eigenvalue weighted by Gasteiger charge is 2.11. The van der Waals surface area contributed by atoms with Crippen molar-refractivity contribution >= 4 is 23.6 Å². The third kappa shape index (κ3) is 4.47. The predicted molar refractivity (Wildman–Crippen MR) is 81.8 cm³/mol. The van der Waals surface area contributed by atoms with E-state index in [0.29, 0.717) is 5.56 Å². The van der Waals surface area contributed by atoms with Crippen molar-refractivity contribution in [2.24, 2.45) is 0 Å². The zero-order valence-corrected chi connectivity index (χ0v) is 12.2. The standard InChI is InChI=1S/C17H13F2NO3/c1-23-17(22)12-6-7-14(19)15(10-12)20-16(21)8-5-11-3-2-4-13(18)9-11/h2-10H,1H3,(H,20,21)/b8-5+. The molecule has 0 aliphatic rings. The van der Waals surface area contributed by atoms with E-state index >= 15 is 0 Å². The van der Waals surface area contributed by atoms with Crippen LogP contribution in [-0.4, -0.2) is 19.0 Å². The number of methoxy groups -OCH3 is 1. The van der Waals surface area contributed by atoms with E-state index in [1.54, 1.807) is 6.07 Å². The Kier molecular flexibility index (Phi) is 5.19. The zero-order chi connectivity index (χ0) is 16.8. The minimum Gasteiger partial charge on any atom is -0.465 e. The van der Waals surface area contributed by atoms with Crippen LogP contribution < -0.4 is 5.32 Å². The maximum atomic E-state index is 13.7. The lowest BCUT2D eigenvalue weighted by atomic mass is 10.2. The number of hydrogen-bond donors (Lipinski definition) is 1. The smallest absolute Gasteiger partial charge is 0.337 e. The van der Waals surface area contributed by atoms with Gasteiger partial charge in [0.05, 0.1) is 18.4 Å². The molecule has 0 radical (unpaired) electrons. The van der Waals surface area contributed by atoms with E-state index in [4.69, 9.17) is 0 Å². The van der Waals surface area contributed by atoms with Gasteiger partial charge in [-0.25, -0.2) is 13.6 Å². The summed E-state index contributed by atoms with van der Waals surface area (Å²) in [6.07, 6.45) is 2.53. The molecule has 0 unspecified atom stereocenters. The van der Waals surface area contributed by atoms with Gasteiger partial charge in [0.15, 0.2) is 0 Å². The summed E-state index contributed by atoms with van der Waals surface area (Å²) in [6.45, 7) is 0. The minimum atomic E-state index is -0.690. The molecular weight excluding hydrogens is 304 g/mol. The average Bonchev–Trinajstić information content (AvgIpc) is 2.54. The monoisotopic (exact) mass is 317 g/mol. The van der Waals surface area contributed by atoms with Crippen LogP contribution in [0.5, 0.6) is 0 Å². The second-order valence-electron chi connectivity index (χ2n) is 4.56. The molecule has 0 saturated heterocycles. The van der Waals surface area contributed by atoms with Crippen LogP contribution in [0.25, 0.3) is 6.08 Å². The highest BCUT2D eigenvalue weighted by atomic mass is 19.1. The fraction of sp³-hybridized carbons (Fsp3) is 0.0588. The van der Waals surface area contributed by atoms with Crippen LogP contribution in [-0.2, 0) is 9.53 Å². The van der Waals surface area contributed by atoms with Gasteiger partial charge in [-0.1, -0.05) is 12.1 Å². The topological polar surface area (TPSA) is 55.4 Å². The number of ether oxygens (including phenoxy) is 1. The van der Waals surface area contributed by atoms with Gasteiger partial charge in [-0.05, 0) is 42.0 Å². The summed E-state index contributed by atoms with van der Waals surface area (Å²) in [6, 6.07) is 9.14. The summed E-state index contributed by atoms with van der Waals surface area (Å²) in [5, 5.41) is 2.31. The Labute approximate surface area is 131 Å². The van der Waals surface area contributed by atoms with E-state index in [-0.39, 0.29) is 11.3 Å². The zero-order valence-electron chi connectivity index (χ0n) is 12.2. The van der Waals surface area contributed by atoms with Crippen molar-refractivity contribution in [3.63, 3.8) is 0 Å². The largest absolute Gasteiger partial charge is 0.465 e. The van der Waals surface area contributed by atoms with Crippen molar-refractivity contribution in [1.82, 2.24) is 0 Å². The van der Waals surface area contributed by atoms with Gasteiger partial charge in [-0.15, -0.1) is 0 Å². The molecule has 0 aliphatic carbocycles. The molecule has 4 nitrogen and oxygen atoms in total. The van der Waals surface area contributed by atoms with E-state index in [1.165, 1.54) is 43.5 Å². The van der Waals surface area contributed by atoms with Gasteiger partial charge < -0.3 is 10.1 Å². The average molecular weight is 317 g/mol. The molecule has 0 fully saturated rings. The Morgan fingerprint density at radius 2 is 1.91 bits per heavy atom. The van der Waals surface area contributed by atoms with Gasteiger partial charge >= 0.3 is 5.97 Å². The molecule has 2 aromatic rings. The van der Waals surface area contributed by atoms with Crippen LogP contribution in [0.4, 0.5) is 14.5 Å². The van der Waals surface area contributed by atoms with Gasteiger partial charge in [0.25, 0.3) is 0 Å². The first-order valence-electron chi connectivity index (χ1n) is 6.62. The van der Waals surface area contributed by atoms with Crippen molar-refractivity contribution < 1.29 is 23.1 Å². The van der Waals surface area contributed by atoms with Crippen LogP contribution in [0.2, 0.25) is 0 Å². The maximum Gasteiger partial charge on any atom is 0.337 e.